The summed E-state index contributed by atoms with van der Waals surface area (Å²) in [4.78, 5) is 12.3. The van der Waals surface area contributed by atoms with Crippen LogP contribution in [0, 0.1) is 0 Å². The Kier molecular flexibility index (Phi) is 5.81. The van der Waals surface area contributed by atoms with Gasteiger partial charge in [0.05, 0.1) is 19.2 Å². The monoisotopic (exact) mass is 357 g/mol. The zero-order valence-corrected chi connectivity index (χ0v) is 13.6. The number of nitrogens with one attached hydrogen (secondary N) is 1. The van der Waals surface area contributed by atoms with Gasteiger partial charge in [0.15, 0.2) is 11.5 Å². The van der Waals surface area contributed by atoms with Gasteiger partial charge in [0.2, 0.25) is 0 Å². The van der Waals surface area contributed by atoms with Crippen molar-refractivity contribution in [3.8, 4) is 17.2 Å². The number of amides is 1. The second kappa shape index (κ2) is 7.83. The Morgan fingerprint density at radius 2 is 1.71 bits per heavy atom. The molecule has 0 aromatic heterocycles. The van der Waals surface area contributed by atoms with Crippen molar-refractivity contribution in [2.75, 3.05) is 19.5 Å². The maximum Gasteiger partial charge on any atom is 0.387 e. The van der Waals surface area contributed by atoms with Crippen molar-refractivity contribution < 1.29 is 27.8 Å². The Bertz CT molecular complexity index is 740. The molecule has 2 aromatic rings. The first-order chi connectivity index (χ1) is 11.4. The van der Waals surface area contributed by atoms with Crippen LogP contribution in [-0.4, -0.2) is 26.7 Å². The van der Waals surface area contributed by atoms with Crippen molar-refractivity contribution in [3.05, 3.63) is 47.0 Å². The van der Waals surface area contributed by atoms with E-state index in [-0.39, 0.29) is 17.1 Å². The van der Waals surface area contributed by atoms with Gasteiger partial charge in [-0.05, 0) is 36.4 Å². The molecule has 128 valence electrons. The van der Waals surface area contributed by atoms with Crippen LogP contribution in [0.5, 0.6) is 17.2 Å². The number of methoxy groups -OCH3 is 2. The number of rotatable bonds is 6. The molecule has 0 aliphatic carbocycles. The van der Waals surface area contributed by atoms with Crippen molar-refractivity contribution in [1.82, 2.24) is 0 Å². The molecule has 0 atom stereocenters. The molecule has 0 unspecified atom stereocenters. The van der Waals surface area contributed by atoms with E-state index in [9.17, 15) is 13.6 Å². The average Bonchev–Trinajstić information content (AvgIpc) is 2.54. The highest BCUT2D eigenvalue weighted by atomic mass is 35.5. The molecule has 0 saturated carbocycles. The molecule has 0 bridgehead atoms. The number of alkyl halides is 2. The Morgan fingerprint density at radius 3 is 2.29 bits per heavy atom. The standard InChI is InChI=1S/C16H14ClF2NO4/c1-22-12-6-4-10(8-11(12)17)20-15(21)9-3-5-13(24-16(18)19)14(7-9)23-2/h3-8,16H,1-2H3,(H,20,21). The van der Waals surface area contributed by atoms with Crippen LogP contribution in [0.2, 0.25) is 5.02 Å². The number of carbonyl (C=O) groups is 1. The highest BCUT2D eigenvalue weighted by molar-refractivity contribution is 6.32. The van der Waals surface area contributed by atoms with Gasteiger partial charge in [-0.1, -0.05) is 11.6 Å². The van der Waals surface area contributed by atoms with Crippen LogP contribution in [0.1, 0.15) is 10.4 Å². The smallest absolute Gasteiger partial charge is 0.387 e. The number of hydrogen-bond acceptors (Lipinski definition) is 4. The molecule has 0 fully saturated rings. The predicted molar refractivity (Wildman–Crippen MR) is 85.6 cm³/mol. The van der Waals surface area contributed by atoms with E-state index < -0.39 is 12.5 Å². The normalized spacial score (nSPS) is 10.4. The fraction of sp³-hybridized carbons (Fsp3) is 0.188. The lowest BCUT2D eigenvalue weighted by Crippen LogP contribution is -2.12. The molecule has 8 heteroatoms. The van der Waals surface area contributed by atoms with Crippen LogP contribution in [0.4, 0.5) is 14.5 Å². The lowest BCUT2D eigenvalue weighted by Gasteiger charge is -2.12. The topological polar surface area (TPSA) is 56.8 Å². The Balaban J connectivity index is 2.19. The lowest BCUT2D eigenvalue weighted by atomic mass is 10.2. The third-order valence-electron chi connectivity index (χ3n) is 3.05. The highest BCUT2D eigenvalue weighted by Crippen LogP contribution is 2.30. The van der Waals surface area contributed by atoms with Crippen molar-refractivity contribution in [2.24, 2.45) is 0 Å². The molecular formula is C16H14ClF2NO4. The van der Waals surface area contributed by atoms with Crippen LogP contribution in [0.25, 0.3) is 0 Å². The van der Waals surface area contributed by atoms with Gasteiger partial charge in [0.1, 0.15) is 5.75 Å². The maximum absolute atomic E-state index is 12.3. The molecule has 1 N–H and O–H groups in total. The first kappa shape index (κ1) is 17.8. The number of anilines is 1. The second-order valence-electron chi connectivity index (χ2n) is 4.55. The summed E-state index contributed by atoms with van der Waals surface area (Å²) in [7, 11) is 2.77. The third kappa shape index (κ3) is 4.26. The first-order valence-corrected chi connectivity index (χ1v) is 7.10. The Hall–Kier alpha value is -2.54. The van der Waals surface area contributed by atoms with Gasteiger partial charge < -0.3 is 19.5 Å². The van der Waals surface area contributed by atoms with E-state index >= 15 is 0 Å². The first-order valence-electron chi connectivity index (χ1n) is 6.72. The Morgan fingerprint density at radius 1 is 1.04 bits per heavy atom. The highest BCUT2D eigenvalue weighted by Gasteiger charge is 2.14. The molecule has 5 nitrogen and oxygen atoms in total. The largest absolute Gasteiger partial charge is 0.495 e. The lowest BCUT2D eigenvalue weighted by molar-refractivity contribution is -0.0512. The molecule has 0 heterocycles. The SMILES string of the molecule is COc1ccc(NC(=O)c2ccc(OC(F)F)c(OC)c2)cc1Cl. The number of ether oxygens (including phenoxy) is 3. The predicted octanol–water partition coefficient (Wildman–Crippen LogP) is 4.21. The van der Waals surface area contributed by atoms with E-state index in [1.807, 2.05) is 0 Å². The van der Waals surface area contributed by atoms with Crippen molar-refractivity contribution >= 4 is 23.2 Å². The second-order valence-corrected chi connectivity index (χ2v) is 4.95. The summed E-state index contributed by atoms with van der Waals surface area (Å²) in [5, 5.41) is 2.98. The molecule has 0 spiro atoms. The summed E-state index contributed by atoms with van der Waals surface area (Å²) in [6.07, 6.45) is 0. The van der Waals surface area contributed by atoms with Crippen LogP contribution >= 0.6 is 11.6 Å². The molecule has 24 heavy (non-hydrogen) atoms. The molecule has 0 saturated heterocycles. The summed E-state index contributed by atoms with van der Waals surface area (Å²) in [5.41, 5.74) is 0.665. The summed E-state index contributed by atoms with van der Waals surface area (Å²) < 4.78 is 38.9. The van der Waals surface area contributed by atoms with E-state index in [2.05, 4.69) is 10.1 Å². The van der Waals surface area contributed by atoms with Crippen molar-refractivity contribution in [3.63, 3.8) is 0 Å². The van der Waals surface area contributed by atoms with Gasteiger partial charge in [-0.15, -0.1) is 0 Å². The van der Waals surface area contributed by atoms with E-state index in [0.29, 0.717) is 16.5 Å². The molecule has 2 rings (SSSR count). The summed E-state index contributed by atoms with van der Waals surface area (Å²) in [6.45, 7) is -2.99. The van der Waals surface area contributed by atoms with Crippen molar-refractivity contribution in [2.45, 2.75) is 6.61 Å². The molecule has 0 radical (unpaired) electrons. The molecule has 0 aliphatic heterocycles. The minimum Gasteiger partial charge on any atom is -0.495 e. The minimum atomic E-state index is -2.99. The summed E-state index contributed by atoms with van der Waals surface area (Å²) in [5.74, 6) is -0.116. The van der Waals surface area contributed by atoms with Crippen LogP contribution < -0.4 is 19.5 Å². The van der Waals surface area contributed by atoms with Gasteiger partial charge >= 0.3 is 6.61 Å². The van der Waals surface area contributed by atoms with E-state index in [4.69, 9.17) is 21.1 Å². The molecule has 2 aromatic carbocycles. The molecule has 0 aliphatic rings. The van der Waals surface area contributed by atoms with E-state index in [0.717, 1.165) is 0 Å². The number of halogens is 3. The van der Waals surface area contributed by atoms with Crippen LogP contribution in [-0.2, 0) is 0 Å². The van der Waals surface area contributed by atoms with Gasteiger partial charge in [-0.2, -0.15) is 8.78 Å². The third-order valence-corrected chi connectivity index (χ3v) is 3.35. The quantitative estimate of drug-likeness (QED) is 0.841. The zero-order chi connectivity index (χ0) is 17.7. The molecular weight excluding hydrogens is 344 g/mol. The van der Waals surface area contributed by atoms with Gasteiger partial charge in [-0.25, -0.2) is 0 Å². The van der Waals surface area contributed by atoms with Gasteiger partial charge in [-0.3, -0.25) is 4.79 Å². The van der Waals surface area contributed by atoms with Gasteiger partial charge in [0, 0.05) is 11.3 Å². The average molecular weight is 358 g/mol. The number of hydrogen-bond donors (Lipinski definition) is 1. The number of carbonyl (C=O) groups excluding carboxylic acids is 1. The minimum absolute atomic E-state index is 0.0238. The Labute approximate surface area is 142 Å². The van der Waals surface area contributed by atoms with Crippen LogP contribution in [0.15, 0.2) is 36.4 Å². The van der Waals surface area contributed by atoms with Gasteiger partial charge in [0.25, 0.3) is 5.91 Å². The van der Waals surface area contributed by atoms with E-state index in [1.165, 1.54) is 38.5 Å². The fourth-order valence-corrected chi connectivity index (χ4v) is 2.21. The van der Waals surface area contributed by atoms with E-state index in [1.54, 1.807) is 12.1 Å². The number of benzene rings is 2. The van der Waals surface area contributed by atoms with Crippen LogP contribution in [0.3, 0.4) is 0 Å². The zero-order valence-electron chi connectivity index (χ0n) is 12.8. The maximum atomic E-state index is 12.3. The van der Waals surface area contributed by atoms with Crippen molar-refractivity contribution in [1.29, 1.82) is 0 Å². The summed E-state index contributed by atoms with van der Waals surface area (Å²) in [6, 6.07) is 8.65. The summed E-state index contributed by atoms with van der Waals surface area (Å²) >= 11 is 5.99. The molecule has 1 amide bonds. The fourth-order valence-electron chi connectivity index (χ4n) is 1.95.